The molecule has 0 bridgehead atoms. The summed E-state index contributed by atoms with van der Waals surface area (Å²) < 4.78 is 5.58. The predicted octanol–water partition coefficient (Wildman–Crippen LogP) is -0.794. The quantitative estimate of drug-likeness (QED) is 0.590. The number of rotatable bonds is 2. The molecule has 2 aliphatic heterocycles. The van der Waals surface area contributed by atoms with Crippen molar-refractivity contribution in [2.75, 3.05) is 26.7 Å². The Balaban J connectivity index is 1.83. The molecule has 0 aliphatic carbocycles. The summed E-state index contributed by atoms with van der Waals surface area (Å²) in [6.45, 7) is 2.63. The number of ether oxygens (including phenoxy) is 1. The first-order valence-electron chi connectivity index (χ1n) is 4.38. The van der Waals surface area contributed by atoms with E-state index in [1.54, 1.807) is 4.90 Å². The van der Waals surface area contributed by atoms with Gasteiger partial charge >= 0.3 is 0 Å². The zero-order valence-corrected chi connectivity index (χ0v) is 7.25. The predicted molar refractivity (Wildman–Crippen MR) is 43.8 cm³/mol. The van der Waals surface area contributed by atoms with Crippen LogP contribution < -0.4 is 5.32 Å². The van der Waals surface area contributed by atoms with Gasteiger partial charge in [-0.1, -0.05) is 0 Å². The highest BCUT2D eigenvalue weighted by molar-refractivity contribution is 5.82. The Morgan fingerprint density at radius 2 is 2.33 bits per heavy atom. The smallest absolute Gasteiger partial charge is 0.251 e. The van der Waals surface area contributed by atoms with Crippen molar-refractivity contribution in [2.24, 2.45) is 0 Å². The number of hydrogen-bond donors (Lipinski definition) is 1. The summed E-state index contributed by atoms with van der Waals surface area (Å²) in [5, 5.41) is 3.11. The van der Waals surface area contributed by atoms with Gasteiger partial charge in [0.25, 0.3) is 5.91 Å². The SMILES string of the molecule is CN1CCC(OC2CNC2)C1=O. The van der Waals surface area contributed by atoms with Gasteiger partial charge in [-0.2, -0.15) is 0 Å². The molecule has 0 radical (unpaired) electrons. The second-order valence-electron chi connectivity index (χ2n) is 3.45. The van der Waals surface area contributed by atoms with E-state index in [1.807, 2.05) is 7.05 Å². The first-order chi connectivity index (χ1) is 5.77. The molecule has 2 fully saturated rings. The van der Waals surface area contributed by atoms with Crippen molar-refractivity contribution >= 4 is 5.91 Å². The van der Waals surface area contributed by atoms with E-state index in [1.165, 1.54) is 0 Å². The maximum Gasteiger partial charge on any atom is 0.251 e. The lowest BCUT2D eigenvalue weighted by Crippen LogP contribution is -2.50. The van der Waals surface area contributed by atoms with Crippen LogP contribution >= 0.6 is 0 Å². The van der Waals surface area contributed by atoms with Gasteiger partial charge in [0.15, 0.2) is 0 Å². The highest BCUT2D eigenvalue weighted by Crippen LogP contribution is 2.15. The van der Waals surface area contributed by atoms with E-state index in [4.69, 9.17) is 4.74 Å². The average Bonchev–Trinajstić information content (AvgIpc) is 2.27. The van der Waals surface area contributed by atoms with Crippen LogP contribution in [0.25, 0.3) is 0 Å². The molecule has 1 unspecified atom stereocenters. The van der Waals surface area contributed by atoms with Gasteiger partial charge in [-0.05, 0) is 0 Å². The number of likely N-dealkylation sites (N-methyl/N-ethyl adjacent to an activating group) is 1. The molecule has 0 aromatic carbocycles. The van der Waals surface area contributed by atoms with Crippen LogP contribution in [0.1, 0.15) is 6.42 Å². The van der Waals surface area contributed by atoms with Crippen molar-refractivity contribution < 1.29 is 9.53 Å². The van der Waals surface area contributed by atoms with E-state index >= 15 is 0 Å². The number of nitrogens with one attached hydrogen (secondary N) is 1. The van der Waals surface area contributed by atoms with Crippen molar-refractivity contribution in [1.29, 1.82) is 0 Å². The molecule has 1 amide bonds. The van der Waals surface area contributed by atoms with E-state index < -0.39 is 0 Å². The maximum absolute atomic E-state index is 11.4. The van der Waals surface area contributed by atoms with Crippen LogP contribution in [0.15, 0.2) is 0 Å². The lowest BCUT2D eigenvalue weighted by molar-refractivity contribution is -0.141. The number of carbonyl (C=O) groups excluding carboxylic acids is 1. The molecule has 1 atom stereocenters. The molecule has 12 heavy (non-hydrogen) atoms. The largest absolute Gasteiger partial charge is 0.362 e. The molecule has 2 rings (SSSR count). The molecule has 1 N–H and O–H groups in total. The van der Waals surface area contributed by atoms with Gasteiger partial charge in [-0.15, -0.1) is 0 Å². The molecule has 0 aromatic rings. The second-order valence-corrected chi connectivity index (χ2v) is 3.45. The van der Waals surface area contributed by atoms with Gasteiger partial charge in [-0.3, -0.25) is 4.79 Å². The zero-order valence-electron chi connectivity index (χ0n) is 7.25. The normalized spacial score (nSPS) is 30.9. The first kappa shape index (κ1) is 8.01. The van der Waals surface area contributed by atoms with Gasteiger partial charge in [0.2, 0.25) is 0 Å². The number of nitrogens with zero attached hydrogens (tertiary/aromatic N) is 1. The van der Waals surface area contributed by atoms with Crippen LogP contribution in [0, 0.1) is 0 Å². The molecule has 2 saturated heterocycles. The van der Waals surface area contributed by atoms with Crippen LogP contribution in [0.4, 0.5) is 0 Å². The Morgan fingerprint density at radius 1 is 1.58 bits per heavy atom. The molecule has 4 heteroatoms. The molecule has 2 aliphatic rings. The van der Waals surface area contributed by atoms with E-state index in [0.29, 0.717) is 0 Å². The fraction of sp³-hybridized carbons (Fsp3) is 0.875. The number of carbonyl (C=O) groups is 1. The summed E-state index contributed by atoms with van der Waals surface area (Å²) in [6.07, 6.45) is 0.957. The molecule has 0 saturated carbocycles. The van der Waals surface area contributed by atoms with Gasteiger partial charge in [-0.25, -0.2) is 0 Å². The number of hydrogen-bond acceptors (Lipinski definition) is 3. The zero-order chi connectivity index (χ0) is 8.55. The van der Waals surface area contributed by atoms with Gasteiger partial charge in [0.1, 0.15) is 6.10 Å². The first-order valence-corrected chi connectivity index (χ1v) is 4.38. The monoisotopic (exact) mass is 170 g/mol. The molecule has 0 aromatic heterocycles. The molecule has 0 spiro atoms. The highest BCUT2D eigenvalue weighted by atomic mass is 16.5. The topological polar surface area (TPSA) is 41.6 Å². The highest BCUT2D eigenvalue weighted by Gasteiger charge is 2.33. The minimum absolute atomic E-state index is 0.141. The molecule has 2 heterocycles. The van der Waals surface area contributed by atoms with Crippen LogP contribution in [0.3, 0.4) is 0 Å². The van der Waals surface area contributed by atoms with Crippen LogP contribution in [0.2, 0.25) is 0 Å². The number of amides is 1. The van der Waals surface area contributed by atoms with Crippen molar-refractivity contribution in [3.63, 3.8) is 0 Å². The van der Waals surface area contributed by atoms with Gasteiger partial charge < -0.3 is 15.0 Å². The van der Waals surface area contributed by atoms with Crippen molar-refractivity contribution in [3.05, 3.63) is 0 Å². The third-order valence-corrected chi connectivity index (χ3v) is 2.48. The summed E-state index contributed by atoms with van der Waals surface area (Å²) in [5.74, 6) is 0.141. The summed E-state index contributed by atoms with van der Waals surface area (Å²) >= 11 is 0. The van der Waals surface area contributed by atoms with Gasteiger partial charge in [0, 0.05) is 33.1 Å². The number of likely N-dealkylation sites (tertiary alicyclic amines) is 1. The fourth-order valence-corrected chi connectivity index (χ4v) is 1.51. The average molecular weight is 170 g/mol. The Bertz CT molecular complexity index is 191. The Morgan fingerprint density at radius 3 is 2.75 bits per heavy atom. The van der Waals surface area contributed by atoms with Crippen molar-refractivity contribution in [3.8, 4) is 0 Å². The summed E-state index contributed by atoms with van der Waals surface area (Å²) in [6, 6.07) is 0. The lowest BCUT2D eigenvalue weighted by Gasteiger charge is -2.29. The van der Waals surface area contributed by atoms with E-state index in [-0.39, 0.29) is 18.1 Å². The second kappa shape index (κ2) is 3.03. The van der Waals surface area contributed by atoms with Crippen LogP contribution in [-0.4, -0.2) is 49.7 Å². The Hall–Kier alpha value is -0.610. The molecular formula is C8H14N2O2. The minimum Gasteiger partial charge on any atom is -0.362 e. The molecule has 4 nitrogen and oxygen atoms in total. The van der Waals surface area contributed by atoms with Crippen LogP contribution in [-0.2, 0) is 9.53 Å². The van der Waals surface area contributed by atoms with Crippen LogP contribution in [0.5, 0.6) is 0 Å². The summed E-state index contributed by atoms with van der Waals surface area (Å²) in [5.41, 5.74) is 0. The third-order valence-electron chi connectivity index (χ3n) is 2.48. The van der Waals surface area contributed by atoms with Crippen molar-refractivity contribution in [1.82, 2.24) is 10.2 Å². The van der Waals surface area contributed by atoms with Crippen molar-refractivity contribution in [2.45, 2.75) is 18.6 Å². The standard InChI is InChI=1S/C8H14N2O2/c1-10-3-2-7(8(10)11)12-6-4-9-5-6/h6-7,9H,2-5H2,1H3. The van der Waals surface area contributed by atoms with E-state index in [9.17, 15) is 4.79 Å². The van der Waals surface area contributed by atoms with E-state index in [0.717, 1.165) is 26.1 Å². The summed E-state index contributed by atoms with van der Waals surface area (Å²) in [4.78, 5) is 13.1. The molecule has 68 valence electrons. The third kappa shape index (κ3) is 1.32. The maximum atomic E-state index is 11.4. The van der Waals surface area contributed by atoms with Gasteiger partial charge in [0.05, 0.1) is 6.10 Å². The molecular weight excluding hydrogens is 156 g/mol. The fourth-order valence-electron chi connectivity index (χ4n) is 1.51. The Labute approximate surface area is 71.9 Å². The minimum atomic E-state index is -0.165. The Kier molecular flexibility index (Phi) is 2.02. The van der Waals surface area contributed by atoms with E-state index in [2.05, 4.69) is 5.32 Å². The summed E-state index contributed by atoms with van der Waals surface area (Å²) in [7, 11) is 1.82. The lowest BCUT2D eigenvalue weighted by atomic mass is 10.2.